The Morgan fingerprint density at radius 2 is 1.62 bits per heavy atom. The molecule has 1 aromatic heterocycles. The van der Waals surface area contributed by atoms with Gasteiger partial charge in [-0.1, -0.05) is 0 Å². The molecule has 1 heterocycles. The zero-order valence-electron chi connectivity index (χ0n) is 15.6. The van der Waals surface area contributed by atoms with Crippen molar-refractivity contribution < 1.29 is 17.9 Å². The summed E-state index contributed by atoms with van der Waals surface area (Å²) < 4.78 is 46.5. The van der Waals surface area contributed by atoms with Gasteiger partial charge in [0, 0.05) is 0 Å². The molecule has 0 spiro atoms. The monoisotopic (exact) mass is 475 g/mol. The molecule has 0 aliphatic carbocycles. The second-order valence-electron chi connectivity index (χ2n) is 6.44. The SMILES string of the molecule is CCC[CH2][Sn]([CH2]CCC)[c]1cc(C)n(-c2ccc(OC(F)(F)F)cc2)n1. The van der Waals surface area contributed by atoms with Crippen LogP contribution in [-0.4, -0.2) is 35.9 Å². The van der Waals surface area contributed by atoms with Crippen LogP contribution < -0.4 is 8.45 Å². The number of unbranched alkanes of at least 4 members (excludes halogenated alkanes) is 2. The van der Waals surface area contributed by atoms with Crippen LogP contribution in [0.5, 0.6) is 5.75 Å². The number of nitrogens with zero attached hydrogens (tertiary/aromatic N) is 2. The molecule has 0 aliphatic rings. The minimum absolute atomic E-state index is 0.215. The number of hydrogen-bond acceptors (Lipinski definition) is 2. The first-order chi connectivity index (χ1) is 12.3. The summed E-state index contributed by atoms with van der Waals surface area (Å²) in [6, 6.07) is 8.08. The summed E-state index contributed by atoms with van der Waals surface area (Å²) in [5, 5.41) is 4.83. The molecule has 26 heavy (non-hydrogen) atoms. The van der Waals surface area contributed by atoms with Crippen LogP contribution in [0, 0.1) is 6.92 Å². The van der Waals surface area contributed by atoms with Crippen LogP contribution in [0.2, 0.25) is 8.87 Å². The predicted octanol–water partition coefficient (Wildman–Crippen LogP) is 5.38. The number of hydrogen-bond donors (Lipinski definition) is 0. The van der Waals surface area contributed by atoms with Crippen LogP contribution >= 0.6 is 0 Å². The number of aromatic nitrogens is 2. The van der Waals surface area contributed by atoms with Gasteiger partial charge >= 0.3 is 160 Å². The third kappa shape index (κ3) is 6.21. The Kier molecular flexibility index (Phi) is 7.85. The fraction of sp³-hybridized carbons (Fsp3) is 0.526. The van der Waals surface area contributed by atoms with Gasteiger partial charge in [0.05, 0.1) is 0 Å². The quantitative estimate of drug-likeness (QED) is 0.457. The first-order valence-corrected chi connectivity index (χ1v) is 14.6. The molecule has 0 amide bonds. The summed E-state index contributed by atoms with van der Waals surface area (Å²) in [5.74, 6) is -0.215. The summed E-state index contributed by atoms with van der Waals surface area (Å²) in [7, 11) is 0. The van der Waals surface area contributed by atoms with E-state index in [0.29, 0.717) is 0 Å². The Hall–Kier alpha value is -1.18. The topological polar surface area (TPSA) is 27.1 Å². The van der Waals surface area contributed by atoms with Crippen molar-refractivity contribution in [1.82, 2.24) is 9.78 Å². The molecule has 0 saturated carbocycles. The number of halogens is 3. The van der Waals surface area contributed by atoms with E-state index in [1.54, 1.807) is 12.1 Å². The van der Waals surface area contributed by atoms with Gasteiger partial charge in [0.25, 0.3) is 0 Å². The Morgan fingerprint density at radius 1 is 1.04 bits per heavy atom. The first-order valence-electron chi connectivity index (χ1n) is 9.12. The summed E-state index contributed by atoms with van der Waals surface area (Å²) >= 11 is -1.74. The number of ether oxygens (including phenoxy) is 1. The summed E-state index contributed by atoms with van der Waals surface area (Å²) in [6.45, 7) is 6.43. The van der Waals surface area contributed by atoms with Crippen molar-refractivity contribution in [3.8, 4) is 11.4 Å². The first kappa shape index (κ1) is 21.1. The second-order valence-corrected chi connectivity index (χ2v) is 14.2. The zero-order chi connectivity index (χ0) is 19.2. The van der Waals surface area contributed by atoms with Crippen molar-refractivity contribution in [1.29, 1.82) is 0 Å². The van der Waals surface area contributed by atoms with E-state index < -0.39 is 26.1 Å². The van der Waals surface area contributed by atoms with Crippen molar-refractivity contribution in [3.63, 3.8) is 0 Å². The third-order valence-corrected chi connectivity index (χ3v) is 12.5. The molecule has 0 unspecified atom stereocenters. The van der Waals surface area contributed by atoms with E-state index in [0.717, 1.165) is 11.4 Å². The van der Waals surface area contributed by atoms with Crippen LogP contribution in [0.15, 0.2) is 30.3 Å². The molecule has 3 nitrogen and oxygen atoms in total. The molecule has 0 aliphatic heterocycles. The van der Waals surface area contributed by atoms with Crippen molar-refractivity contribution >= 4 is 23.5 Å². The van der Waals surface area contributed by atoms with Gasteiger partial charge in [-0.25, -0.2) is 0 Å². The van der Waals surface area contributed by atoms with Crippen LogP contribution in [0.4, 0.5) is 13.2 Å². The molecule has 0 saturated heterocycles. The fourth-order valence-electron chi connectivity index (χ4n) is 2.86. The van der Waals surface area contributed by atoms with Gasteiger partial charge in [-0.3, -0.25) is 0 Å². The zero-order valence-corrected chi connectivity index (χ0v) is 18.4. The van der Waals surface area contributed by atoms with Crippen molar-refractivity contribution in [2.24, 2.45) is 0 Å². The number of aryl methyl sites for hydroxylation is 1. The maximum absolute atomic E-state index is 12.3. The summed E-state index contributed by atoms with van der Waals surface area (Å²) in [4.78, 5) is 0. The molecular weight excluding hydrogens is 448 g/mol. The Labute approximate surface area is 160 Å². The van der Waals surface area contributed by atoms with E-state index in [1.807, 2.05) is 11.6 Å². The summed E-state index contributed by atoms with van der Waals surface area (Å²) in [5.41, 5.74) is 1.78. The standard InChI is InChI=1S/C11H8F3N2O.2C4H9.Sn/c1-8-6-7-15-16(8)9-2-4-10(5-3-9)17-11(12,13)14;2*1-3-4-2;/h2-6H,1H3;2*1,3-4H2,2H3;. The fourth-order valence-corrected chi connectivity index (χ4v) is 11.4. The number of benzene rings is 1. The van der Waals surface area contributed by atoms with E-state index in [4.69, 9.17) is 5.10 Å². The van der Waals surface area contributed by atoms with Gasteiger partial charge in [-0.2, -0.15) is 0 Å². The van der Waals surface area contributed by atoms with E-state index >= 15 is 0 Å². The molecule has 7 heteroatoms. The van der Waals surface area contributed by atoms with E-state index in [9.17, 15) is 13.2 Å². The predicted molar refractivity (Wildman–Crippen MR) is 99.8 cm³/mol. The van der Waals surface area contributed by atoms with Crippen molar-refractivity contribution in [3.05, 3.63) is 36.0 Å². The average Bonchev–Trinajstić information content (AvgIpc) is 2.96. The van der Waals surface area contributed by atoms with Crippen LogP contribution in [0.25, 0.3) is 5.69 Å². The average molecular weight is 474 g/mol. The van der Waals surface area contributed by atoms with Gasteiger partial charge < -0.3 is 0 Å². The minimum atomic E-state index is -4.67. The molecule has 1 aromatic carbocycles. The third-order valence-electron chi connectivity index (χ3n) is 4.23. The van der Waals surface area contributed by atoms with Gasteiger partial charge in [-0.05, 0) is 0 Å². The molecule has 0 bridgehead atoms. The van der Waals surface area contributed by atoms with E-state index in [2.05, 4.69) is 24.7 Å². The van der Waals surface area contributed by atoms with Crippen molar-refractivity contribution in [2.75, 3.05) is 0 Å². The summed E-state index contributed by atoms with van der Waals surface area (Å²) in [6.07, 6.45) is 0.255. The van der Waals surface area contributed by atoms with Gasteiger partial charge in [0.15, 0.2) is 0 Å². The molecule has 0 N–H and O–H groups in total. The number of alkyl halides is 3. The van der Waals surface area contributed by atoms with Crippen LogP contribution in [0.1, 0.15) is 45.2 Å². The number of rotatable bonds is 9. The normalized spacial score (nSPS) is 12.0. The van der Waals surface area contributed by atoms with Gasteiger partial charge in [0.2, 0.25) is 0 Å². The van der Waals surface area contributed by atoms with Crippen LogP contribution in [0.3, 0.4) is 0 Å². The molecular formula is C19H26F3N2OSn. The molecule has 0 fully saturated rings. The molecule has 1 radical (unpaired) electrons. The Bertz CT molecular complexity index is 675. The maximum atomic E-state index is 12.3. The Balaban J connectivity index is 2.19. The van der Waals surface area contributed by atoms with Gasteiger partial charge in [0.1, 0.15) is 0 Å². The molecule has 2 aromatic rings. The van der Waals surface area contributed by atoms with Crippen LogP contribution in [-0.2, 0) is 0 Å². The molecule has 0 atom stereocenters. The van der Waals surface area contributed by atoms with E-state index in [-0.39, 0.29) is 5.75 Å². The molecule has 143 valence electrons. The Morgan fingerprint density at radius 3 is 2.12 bits per heavy atom. The van der Waals surface area contributed by atoms with E-state index in [1.165, 1.54) is 50.4 Å². The van der Waals surface area contributed by atoms with Crippen molar-refractivity contribution in [2.45, 2.75) is 61.7 Å². The van der Waals surface area contributed by atoms with Gasteiger partial charge in [-0.15, -0.1) is 0 Å². The molecule has 2 rings (SSSR count). The second kappa shape index (κ2) is 9.67.